The number of rotatable bonds is 6. The van der Waals surface area contributed by atoms with E-state index in [-0.39, 0.29) is 6.61 Å². The third kappa shape index (κ3) is 5.89. The van der Waals surface area contributed by atoms with Crippen molar-refractivity contribution >= 4 is 35.1 Å². The van der Waals surface area contributed by atoms with Crippen molar-refractivity contribution in [1.29, 1.82) is 0 Å². The van der Waals surface area contributed by atoms with Gasteiger partial charge in [-0.25, -0.2) is 4.79 Å². The molecule has 7 heteroatoms. The van der Waals surface area contributed by atoms with Crippen LogP contribution in [0.3, 0.4) is 0 Å². The Bertz CT molecular complexity index is 773. The minimum Gasteiger partial charge on any atom is -0.462 e. The van der Waals surface area contributed by atoms with E-state index in [0.29, 0.717) is 29.2 Å². The van der Waals surface area contributed by atoms with Crippen LogP contribution in [0.5, 0.6) is 0 Å². The Morgan fingerprint density at radius 2 is 1.62 bits per heavy atom. The molecule has 2 N–H and O–H groups in total. The maximum absolute atomic E-state index is 11.9. The number of hydrogen-bond donors (Lipinski definition) is 2. The topological polar surface area (TPSA) is 84.5 Å². The molecule has 2 rings (SSSR count). The van der Waals surface area contributed by atoms with E-state index in [2.05, 4.69) is 10.6 Å². The second-order valence-corrected chi connectivity index (χ2v) is 5.82. The molecule has 6 nitrogen and oxygen atoms in total. The molecule has 136 valence electrons. The fraction of sp³-hybridized carbons (Fsp3) is 0.211. The Kier molecular flexibility index (Phi) is 7.17. The summed E-state index contributed by atoms with van der Waals surface area (Å²) in [7, 11) is 0. The molecule has 2 amide bonds. The molecule has 0 aromatic heterocycles. The summed E-state index contributed by atoms with van der Waals surface area (Å²) in [6.45, 7) is 2.33. The molecule has 2 aromatic carbocycles. The van der Waals surface area contributed by atoms with Crippen molar-refractivity contribution in [2.75, 3.05) is 18.5 Å². The molecule has 0 bridgehead atoms. The quantitative estimate of drug-likeness (QED) is 0.601. The lowest BCUT2D eigenvalue weighted by Gasteiger charge is -2.07. The second-order valence-electron chi connectivity index (χ2n) is 5.38. The van der Waals surface area contributed by atoms with Crippen LogP contribution in [-0.2, 0) is 20.7 Å². The van der Waals surface area contributed by atoms with E-state index in [0.717, 1.165) is 5.56 Å². The van der Waals surface area contributed by atoms with E-state index in [1.165, 1.54) is 24.3 Å². The zero-order valence-electron chi connectivity index (χ0n) is 14.3. The summed E-state index contributed by atoms with van der Waals surface area (Å²) in [5.74, 6) is -1.94. The van der Waals surface area contributed by atoms with E-state index in [1.54, 1.807) is 19.1 Å². The Morgan fingerprint density at radius 3 is 2.23 bits per heavy atom. The molecule has 0 aliphatic rings. The van der Waals surface area contributed by atoms with Crippen LogP contribution in [0.15, 0.2) is 48.5 Å². The van der Waals surface area contributed by atoms with Crippen molar-refractivity contribution in [1.82, 2.24) is 5.32 Å². The lowest BCUT2D eigenvalue weighted by atomic mass is 10.1. The number of ether oxygens (including phenoxy) is 1. The monoisotopic (exact) mass is 374 g/mol. The fourth-order valence-electron chi connectivity index (χ4n) is 2.14. The number of halogens is 1. The zero-order valence-corrected chi connectivity index (χ0v) is 15.0. The highest BCUT2D eigenvalue weighted by Crippen LogP contribution is 2.11. The molecule has 0 unspecified atom stereocenters. The lowest BCUT2D eigenvalue weighted by Crippen LogP contribution is -2.36. The van der Waals surface area contributed by atoms with Crippen LogP contribution in [0, 0.1) is 0 Å². The Hall–Kier alpha value is -2.86. The van der Waals surface area contributed by atoms with Crippen molar-refractivity contribution in [3.63, 3.8) is 0 Å². The van der Waals surface area contributed by atoms with E-state index < -0.39 is 17.8 Å². The van der Waals surface area contributed by atoms with Crippen LogP contribution < -0.4 is 10.6 Å². The number of nitrogens with one attached hydrogen (secondary N) is 2. The molecule has 2 aromatic rings. The molecular formula is C19H19ClN2O4. The molecule has 0 saturated heterocycles. The first-order valence-corrected chi connectivity index (χ1v) is 8.48. The molecule has 0 radical (unpaired) electrons. The number of hydrogen-bond acceptors (Lipinski definition) is 4. The first-order chi connectivity index (χ1) is 12.5. The smallest absolute Gasteiger partial charge is 0.338 e. The number of amides is 2. The van der Waals surface area contributed by atoms with Gasteiger partial charge in [0, 0.05) is 17.3 Å². The summed E-state index contributed by atoms with van der Waals surface area (Å²) < 4.78 is 4.88. The first-order valence-electron chi connectivity index (χ1n) is 8.10. The van der Waals surface area contributed by atoms with Gasteiger partial charge in [0.25, 0.3) is 0 Å². The fourth-order valence-corrected chi connectivity index (χ4v) is 2.27. The highest BCUT2D eigenvalue weighted by Gasteiger charge is 2.13. The van der Waals surface area contributed by atoms with Gasteiger partial charge in [-0.15, -0.1) is 0 Å². The van der Waals surface area contributed by atoms with E-state index in [4.69, 9.17) is 16.3 Å². The van der Waals surface area contributed by atoms with E-state index in [9.17, 15) is 14.4 Å². The van der Waals surface area contributed by atoms with Gasteiger partial charge in [0.05, 0.1) is 12.2 Å². The normalized spacial score (nSPS) is 10.1. The third-order valence-corrected chi connectivity index (χ3v) is 3.72. The van der Waals surface area contributed by atoms with Gasteiger partial charge < -0.3 is 15.4 Å². The van der Waals surface area contributed by atoms with Gasteiger partial charge in [0.2, 0.25) is 0 Å². The second kappa shape index (κ2) is 9.58. The van der Waals surface area contributed by atoms with Crippen molar-refractivity contribution in [2.45, 2.75) is 13.3 Å². The third-order valence-electron chi connectivity index (χ3n) is 3.47. The Morgan fingerprint density at radius 1 is 0.962 bits per heavy atom. The number of benzene rings is 2. The molecule has 0 fully saturated rings. The highest BCUT2D eigenvalue weighted by atomic mass is 35.5. The molecule has 0 aliphatic carbocycles. The van der Waals surface area contributed by atoms with Crippen LogP contribution in [0.1, 0.15) is 22.8 Å². The molecule has 0 aliphatic heterocycles. The molecule has 0 atom stereocenters. The van der Waals surface area contributed by atoms with Crippen LogP contribution >= 0.6 is 11.6 Å². The number of anilines is 1. The van der Waals surface area contributed by atoms with Gasteiger partial charge in [0.15, 0.2) is 0 Å². The molecule has 26 heavy (non-hydrogen) atoms. The van der Waals surface area contributed by atoms with Gasteiger partial charge in [-0.05, 0) is 55.3 Å². The van der Waals surface area contributed by atoms with Gasteiger partial charge in [-0.2, -0.15) is 0 Å². The van der Waals surface area contributed by atoms with Gasteiger partial charge >= 0.3 is 17.8 Å². The first kappa shape index (κ1) is 19.5. The number of carbonyl (C=O) groups is 3. The van der Waals surface area contributed by atoms with Gasteiger partial charge in [-0.1, -0.05) is 23.7 Å². The standard InChI is InChI=1S/C19H19ClN2O4/c1-2-26-19(25)14-5-9-16(10-6-14)22-18(24)17(23)21-12-11-13-3-7-15(20)8-4-13/h3-10H,2,11-12H2,1H3,(H,21,23)(H,22,24). The maximum atomic E-state index is 11.9. The molecular weight excluding hydrogens is 356 g/mol. The summed E-state index contributed by atoms with van der Waals surface area (Å²) >= 11 is 5.81. The lowest BCUT2D eigenvalue weighted by molar-refractivity contribution is -0.136. The van der Waals surface area contributed by atoms with Crippen molar-refractivity contribution in [3.8, 4) is 0 Å². The summed E-state index contributed by atoms with van der Waals surface area (Å²) in [5, 5.41) is 5.67. The van der Waals surface area contributed by atoms with E-state index >= 15 is 0 Å². The SMILES string of the molecule is CCOC(=O)c1ccc(NC(=O)C(=O)NCCc2ccc(Cl)cc2)cc1. The van der Waals surface area contributed by atoms with Crippen molar-refractivity contribution in [3.05, 3.63) is 64.7 Å². The maximum Gasteiger partial charge on any atom is 0.338 e. The molecule has 0 heterocycles. The minimum atomic E-state index is -0.773. The van der Waals surface area contributed by atoms with Crippen LogP contribution in [0.4, 0.5) is 5.69 Å². The number of esters is 1. The minimum absolute atomic E-state index is 0.285. The van der Waals surface area contributed by atoms with Crippen molar-refractivity contribution in [2.24, 2.45) is 0 Å². The van der Waals surface area contributed by atoms with E-state index in [1.807, 2.05) is 12.1 Å². The van der Waals surface area contributed by atoms with Gasteiger partial charge in [-0.3, -0.25) is 9.59 Å². The summed E-state index contributed by atoms with van der Waals surface area (Å²) in [5.41, 5.74) is 1.79. The van der Waals surface area contributed by atoms with Crippen LogP contribution in [0.25, 0.3) is 0 Å². The predicted octanol–water partition coefficient (Wildman–Crippen LogP) is 2.81. The summed E-state index contributed by atoms with van der Waals surface area (Å²) in [6.07, 6.45) is 0.588. The zero-order chi connectivity index (χ0) is 18.9. The number of carbonyl (C=O) groups excluding carboxylic acids is 3. The summed E-state index contributed by atoms with van der Waals surface area (Å²) in [6, 6.07) is 13.4. The van der Waals surface area contributed by atoms with Crippen molar-refractivity contribution < 1.29 is 19.1 Å². The van der Waals surface area contributed by atoms with Gasteiger partial charge in [0.1, 0.15) is 0 Å². The van der Waals surface area contributed by atoms with Crippen LogP contribution in [-0.4, -0.2) is 30.9 Å². The molecule has 0 saturated carbocycles. The average molecular weight is 375 g/mol. The highest BCUT2D eigenvalue weighted by molar-refractivity contribution is 6.39. The predicted molar refractivity (Wildman–Crippen MR) is 99.2 cm³/mol. The Labute approximate surface area is 156 Å². The van der Waals surface area contributed by atoms with Crippen LogP contribution in [0.2, 0.25) is 5.02 Å². The summed E-state index contributed by atoms with van der Waals surface area (Å²) in [4.78, 5) is 35.3. The largest absolute Gasteiger partial charge is 0.462 e. The Balaban J connectivity index is 1.80. The average Bonchev–Trinajstić information content (AvgIpc) is 2.64. The molecule has 0 spiro atoms.